The van der Waals surface area contributed by atoms with E-state index in [4.69, 9.17) is 14.6 Å². The van der Waals surface area contributed by atoms with Gasteiger partial charge in [-0.15, -0.1) is 0 Å². The fourth-order valence-electron chi connectivity index (χ4n) is 1.65. The van der Waals surface area contributed by atoms with Crippen LogP contribution >= 0.6 is 0 Å². The zero-order chi connectivity index (χ0) is 12.0. The Hall–Kier alpha value is -1.26. The van der Waals surface area contributed by atoms with Gasteiger partial charge in [0.15, 0.2) is 0 Å². The van der Waals surface area contributed by atoms with Crippen molar-refractivity contribution in [3.8, 4) is 11.5 Å². The molecule has 1 atom stereocenters. The van der Waals surface area contributed by atoms with Crippen LogP contribution in [-0.4, -0.2) is 32.5 Å². The normalized spacial score (nSPS) is 12.2. The summed E-state index contributed by atoms with van der Waals surface area (Å²) in [6.07, 6.45) is 0. The summed E-state index contributed by atoms with van der Waals surface area (Å²) in [7, 11) is 3.30. The van der Waals surface area contributed by atoms with E-state index in [1.165, 1.54) is 0 Å². The molecule has 0 amide bonds. The Morgan fingerprint density at radius 1 is 1.31 bits per heavy atom. The van der Waals surface area contributed by atoms with E-state index in [-0.39, 0.29) is 12.6 Å². The highest BCUT2D eigenvalue weighted by molar-refractivity contribution is 5.41. The van der Waals surface area contributed by atoms with Crippen molar-refractivity contribution in [3.05, 3.63) is 23.8 Å². The lowest BCUT2D eigenvalue weighted by Gasteiger charge is -2.15. The molecule has 0 bridgehead atoms. The Morgan fingerprint density at radius 2 is 2.06 bits per heavy atom. The molecule has 0 aliphatic carbocycles. The molecule has 16 heavy (non-hydrogen) atoms. The maximum absolute atomic E-state index is 8.80. The number of rotatable bonds is 6. The number of hydrogen-bond donors (Lipinski definition) is 2. The van der Waals surface area contributed by atoms with E-state index in [2.05, 4.69) is 12.2 Å². The smallest absolute Gasteiger partial charge is 0.128 e. The number of quaternary nitrogens is 1. The highest BCUT2D eigenvalue weighted by atomic mass is 16.5. The summed E-state index contributed by atoms with van der Waals surface area (Å²) in [5, 5.41) is 10.9. The minimum absolute atomic E-state index is 0.177. The maximum Gasteiger partial charge on any atom is 0.128 e. The third-order valence-corrected chi connectivity index (χ3v) is 2.58. The van der Waals surface area contributed by atoms with E-state index in [0.717, 1.165) is 17.1 Å². The van der Waals surface area contributed by atoms with Gasteiger partial charge < -0.3 is 19.9 Å². The number of methoxy groups -OCH3 is 2. The molecule has 90 valence electrons. The molecule has 4 heteroatoms. The van der Waals surface area contributed by atoms with Gasteiger partial charge in [0.25, 0.3) is 0 Å². The average molecular weight is 226 g/mol. The van der Waals surface area contributed by atoms with Crippen molar-refractivity contribution < 1.29 is 19.9 Å². The quantitative estimate of drug-likeness (QED) is 0.734. The molecule has 0 aliphatic rings. The Kier molecular flexibility index (Phi) is 5.08. The second-order valence-electron chi connectivity index (χ2n) is 3.64. The molecular weight excluding hydrogens is 206 g/mol. The van der Waals surface area contributed by atoms with Crippen molar-refractivity contribution in [2.24, 2.45) is 0 Å². The standard InChI is InChI=1S/C12H19NO3/c1-9(13-6-7-14)11-8-10(15-2)4-5-12(11)16-3/h4-5,8-9,13-14H,6-7H2,1-3H3/p+1/t9-/m1/s1. The minimum Gasteiger partial charge on any atom is -0.497 e. The number of benzene rings is 1. The van der Waals surface area contributed by atoms with Crippen molar-refractivity contribution in [1.29, 1.82) is 0 Å². The summed E-state index contributed by atoms with van der Waals surface area (Å²) in [5.41, 5.74) is 1.08. The van der Waals surface area contributed by atoms with Crippen molar-refractivity contribution >= 4 is 0 Å². The SMILES string of the molecule is COc1ccc(OC)c([C@@H](C)[NH2+]CCO)c1. The van der Waals surface area contributed by atoms with E-state index >= 15 is 0 Å². The summed E-state index contributed by atoms with van der Waals surface area (Å²) >= 11 is 0. The highest BCUT2D eigenvalue weighted by Crippen LogP contribution is 2.27. The Balaban J connectivity index is 2.89. The monoisotopic (exact) mass is 226 g/mol. The Labute approximate surface area is 96.2 Å². The molecule has 0 aliphatic heterocycles. The molecule has 0 heterocycles. The summed E-state index contributed by atoms with van der Waals surface area (Å²) < 4.78 is 10.5. The third-order valence-electron chi connectivity index (χ3n) is 2.58. The molecule has 0 fully saturated rings. The van der Waals surface area contributed by atoms with Crippen LogP contribution in [0.2, 0.25) is 0 Å². The first-order chi connectivity index (χ1) is 7.72. The van der Waals surface area contributed by atoms with E-state index in [9.17, 15) is 0 Å². The minimum atomic E-state index is 0.177. The summed E-state index contributed by atoms with van der Waals surface area (Å²) in [5.74, 6) is 1.67. The second kappa shape index (κ2) is 6.35. The van der Waals surface area contributed by atoms with Gasteiger partial charge in [0.1, 0.15) is 17.5 Å². The molecule has 3 N–H and O–H groups in total. The highest BCUT2D eigenvalue weighted by Gasteiger charge is 2.14. The molecule has 1 rings (SSSR count). The van der Waals surface area contributed by atoms with Crippen LogP contribution in [0.1, 0.15) is 18.5 Å². The predicted octanol–water partition coefficient (Wildman–Crippen LogP) is 0.320. The topological polar surface area (TPSA) is 55.3 Å². The lowest BCUT2D eigenvalue weighted by molar-refractivity contribution is -0.693. The molecule has 0 saturated heterocycles. The summed E-state index contributed by atoms with van der Waals surface area (Å²) in [6.45, 7) is 2.94. The second-order valence-corrected chi connectivity index (χ2v) is 3.64. The van der Waals surface area contributed by atoms with Crippen LogP contribution in [0.15, 0.2) is 18.2 Å². The van der Waals surface area contributed by atoms with E-state index in [0.29, 0.717) is 6.54 Å². The van der Waals surface area contributed by atoms with Crippen LogP contribution in [0, 0.1) is 0 Å². The lowest BCUT2D eigenvalue weighted by atomic mass is 10.1. The Bertz CT molecular complexity index is 328. The fraction of sp³-hybridized carbons (Fsp3) is 0.500. The number of aliphatic hydroxyl groups is 1. The molecule has 1 aromatic rings. The average Bonchev–Trinajstić information content (AvgIpc) is 2.35. The molecular formula is C12H20NO3+. The number of aliphatic hydroxyl groups excluding tert-OH is 1. The van der Waals surface area contributed by atoms with Gasteiger partial charge in [-0.05, 0) is 25.1 Å². The number of ether oxygens (including phenoxy) is 2. The summed E-state index contributed by atoms with van der Waals surface area (Å²) in [4.78, 5) is 0. The van der Waals surface area contributed by atoms with Crippen LogP contribution < -0.4 is 14.8 Å². The van der Waals surface area contributed by atoms with E-state index in [1.54, 1.807) is 14.2 Å². The third kappa shape index (κ3) is 3.12. The van der Waals surface area contributed by atoms with Crippen LogP contribution in [-0.2, 0) is 0 Å². The van der Waals surface area contributed by atoms with Crippen molar-refractivity contribution in [2.45, 2.75) is 13.0 Å². The Morgan fingerprint density at radius 3 is 2.62 bits per heavy atom. The molecule has 0 aromatic heterocycles. The first-order valence-corrected chi connectivity index (χ1v) is 5.39. The fourth-order valence-corrected chi connectivity index (χ4v) is 1.65. The maximum atomic E-state index is 8.80. The number of hydrogen-bond acceptors (Lipinski definition) is 3. The molecule has 0 radical (unpaired) electrons. The van der Waals surface area contributed by atoms with Crippen LogP contribution in [0.4, 0.5) is 0 Å². The van der Waals surface area contributed by atoms with E-state index < -0.39 is 0 Å². The first-order valence-electron chi connectivity index (χ1n) is 5.39. The van der Waals surface area contributed by atoms with Gasteiger partial charge in [0, 0.05) is 0 Å². The van der Waals surface area contributed by atoms with Crippen LogP contribution in [0.25, 0.3) is 0 Å². The number of nitrogens with two attached hydrogens (primary N) is 1. The predicted molar refractivity (Wildman–Crippen MR) is 61.8 cm³/mol. The largest absolute Gasteiger partial charge is 0.497 e. The van der Waals surface area contributed by atoms with Crippen LogP contribution in [0.5, 0.6) is 11.5 Å². The van der Waals surface area contributed by atoms with Gasteiger partial charge in [-0.25, -0.2) is 0 Å². The van der Waals surface area contributed by atoms with Crippen molar-refractivity contribution in [3.63, 3.8) is 0 Å². The van der Waals surface area contributed by atoms with Crippen LogP contribution in [0.3, 0.4) is 0 Å². The van der Waals surface area contributed by atoms with Crippen molar-refractivity contribution in [2.75, 3.05) is 27.4 Å². The van der Waals surface area contributed by atoms with Gasteiger partial charge in [-0.1, -0.05) is 0 Å². The molecule has 0 spiro atoms. The van der Waals surface area contributed by atoms with Gasteiger partial charge >= 0.3 is 0 Å². The zero-order valence-corrected chi connectivity index (χ0v) is 10.1. The van der Waals surface area contributed by atoms with Gasteiger partial charge in [-0.2, -0.15) is 0 Å². The molecule has 0 saturated carbocycles. The first kappa shape index (κ1) is 12.8. The lowest BCUT2D eigenvalue weighted by Crippen LogP contribution is -2.85. The van der Waals surface area contributed by atoms with E-state index in [1.807, 2.05) is 18.2 Å². The summed E-state index contributed by atoms with van der Waals surface area (Å²) in [6, 6.07) is 5.98. The van der Waals surface area contributed by atoms with Gasteiger partial charge in [0.05, 0.1) is 32.9 Å². The van der Waals surface area contributed by atoms with Crippen molar-refractivity contribution in [1.82, 2.24) is 0 Å². The molecule has 4 nitrogen and oxygen atoms in total. The molecule has 1 aromatic carbocycles. The molecule has 0 unspecified atom stereocenters. The van der Waals surface area contributed by atoms with Gasteiger partial charge in [0.2, 0.25) is 0 Å². The zero-order valence-electron chi connectivity index (χ0n) is 10.1. The van der Waals surface area contributed by atoms with Gasteiger partial charge in [-0.3, -0.25) is 0 Å².